The fourth-order valence-electron chi connectivity index (χ4n) is 3.72. The molecule has 5 nitrogen and oxygen atoms in total. The number of carbonyl (C=O) groups excluding carboxylic acids is 1. The summed E-state index contributed by atoms with van der Waals surface area (Å²) in [6.07, 6.45) is 0.760. The Hall–Kier alpha value is -1.85. The molecule has 2 aliphatic heterocycles. The van der Waals surface area contributed by atoms with Crippen molar-refractivity contribution in [3.63, 3.8) is 0 Å². The number of ether oxygens (including phenoxy) is 1. The summed E-state index contributed by atoms with van der Waals surface area (Å²) in [7, 11) is 1.44. The van der Waals surface area contributed by atoms with E-state index in [-0.39, 0.29) is 24.0 Å². The summed E-state index contributed by atoms with van der Waals surface area (Å²) in [6.45, 7) is 2.74. The van der Waals surface area contributed by atoms with Crippen LogP contribution in [0.4, 0.5) is 0 Å². The highest BCUT2D eigenvalue weighted by Crippen LogP contribution is 2.45. The molecule has 2 aromatic rings. The molecule has 4 rings (SSSR count). The molecule has 1 fully saturated rings. The number of rotatable bonds is 1. The molecule has 1 aromatic heterocycles. The summed E-state index contributed by atoms with van der Waals surface area (Å²) in [5.74, 6) is -0.497. The number of aromatic amines is 1. The molecule has 0 bridgehead atoms. The molecule has 0 radical (unpaired) electrons. The van der Waals surface area contributed by atoms with Crippen LogP contribution in [0.3, 0.4) is 0 Å². The van der Waals surface area contributed by atoms with Gasteiger partial charge in [0, 0.05) is 23.1 Å². The molecule has 0 amide bonds. The van der Waals surface area contributed by atoms with Gasteiger partial charge in [0.2, 0.25) is 0 Å². The average molecular weight is 286 g/mol. The zero-order valence-corrected chi connectivity index (χ0v) is 12.1. The van der Waals surface area contributed by atoms with Gasteiger partial charge in [0.25, 0.3) is 0 Å². The van der Waals surface area contributed by atoms with Gasteiger partial charge in [0.05, 0.1) is 19.3 Å². The fraction of sp³-hybridized carbons (Fsp3) is 0.438. The lowest BCUT2D eigenvalue weighted by atomic mass is 9.88. The van der Waals surface area contributed by atoms with Crippen molar-refractivity contribution >= 4 is 16.9 Å². The lowest BCUT2D eigenvalue weighted by Crippen LogP contribution is -2.34. The van der Waals surface area contributed by atoms with Gasteiger partial charge in [-0.2, -0.15) is 5.06 Å². The second-order valence-corrected chi connectivity index (χ2v) is 5.76. The van der Waals surface area contributed by atoms with Gasteiger partial charge in [-0.1, -0.05) is 18.2 Å². The Morgan fingerprint density at radius 1 is 1.43 bits per heavy atom. The van der Waals surface area contributed by atoms with E-state index in [4.69, 9.17) is 9.57 Å². The van der Waals surface area contributed by atoms with Crippen LogP contribution in [0.25, 0.3) is 10.9 Å². The topological polar surface area (TPSA) is 54.6 Å². The summed E-state index contributed by atoms with van der Waals surface area (Å²) in [4.78, 5) is 21.5. The molecule has 0 aliphatic carbocycles. The summed E-state index contributed by atoms with van der Waals surface area (Å²) in [6, 6.07) is 8.20. The normalized spacial score (nSPS) is 28.4. The second kappa shape index (κ2) is 4.58. The van der Waals surface area contributed by atoms with E-state index >= 15 is 0 Å². The van der Waals surface area contributed by atoms with Crippen molar-refractivity contribution in [1.82, 2.24) is 10.0 Å². The molecule has 0 saturated carbocycles. The molecule has 21 heavy (non-hydrogen) atoms. The van der Waals surface area contributed by atoms with Crippen LogP contribution in [0.15, 0.2) is 24.3 Å². The van der Waals surface area contributed by atoms with Crippen molar-refractivity contribution in [1.29, 1.82) is 0 Å². The van der Waals surface area contributed by atoms with E-state index in [1.165, 1.54) is 18.1 Å². The zero-order valence-electron chi connectivity index (χ0n) is 12.1. The molecule has 110 valence electrons. The first kappa shape index (κ1) is 12.9. The molecule has 3 atom stereocenters. The Balaban J connectivity index is 1.87. The predicted molar refractivity (Wildman–Crippen MR) is 77.5 cm³/mol. The number of nitrogens with one attached hydrogen (secondary N) is 1. The standard InChI is InChI=1S/C16H18N2O3/c1-9-13(16(19)20-2)15-14-11(7-8-18(15)21-9)10-5-3-4-6-12(10)17-14/h3-6,9,13,15,17H,7-8H2,1-2H3/t9-,13-,15-/m1/s1. The second-order valence-electron chi connectivity index (χ2n) is 5.76. The largest absolute Gasteiger partial charge is 0.469 e. The number of nitrogens with zero attached hydrogens (tertiary/aromatic N) is 1. The number of benzene rings is 1. The molecule has 5 heteroatoms. The van der Waals surface area contributed by atoms with Crippen molar-refractivity contribution < 1.29 is 14.4 Å². The highest BCUT2D eigenvalue weighted by Gasteiger charge is 2.50. The lowest BCUT2D eigenvalue weighted by molar-refractivity contribution is -0.162. The fourth-order valence-corrected chi connectivity index (χ4v) is 3.72. The molecule has 3 heterocycles. The number of H-pyrrole nitrogens is 1. The number of aromatic nitrogens is 1. The summed E-state index contributed by atoms with van der Waals surface area (Å²) >= 11 is 0. The van der Waals surface area contributed by atoms with Crippen LogP contribution in [-0.4, -0.2) is 35.8 Å². The molecule has 1 saturated heterocycles. The van der Waals surface area contributed by atoms with Gasteiger partial charge in [-0.05, 0) is 25.0 Å². The smallest absolute Gasteiger partial charge is 0.313 e. The number of hydroxylamine groups is 2. The summed E-state index contributed by atoms with van der Waals surface area (Å²) < 4.78 is 4.98. The number of para-hydroxylation sites is 1. The van der Waals surface area contributed by atoms with E-state index in [1.54, 1.807) is 0 Å². The van der Waals surface area contributed by atoms with E-state index in [1.807, 2.05) is 24.1 Å². The molecule has 0 unspecified atom stereocenters. The lowest BCUT2D eigenvalue weighted by Gasteiger charge is -2.29. The predicted octanol–water partition coefficient (Wildman–Crippen LogP) is 2.19. The highest BCUT2D eigenvalue weighted by molar-refractivity contribution is 5.85. The molecular formula is C16H18N2O3. The van der Waals surface area contributed by atoms with Crippen molar-refractivity contribution in [2.24, 2.45) is 5.92 Å². The minimum absolute atomic E-state index is 0.0800. The minimum atomic E-state index is -0.290. The quantitative estimate of drug-likeness (QED) is 0.817. The van der Waals surface area contributed by atoms with E-state index in [9.17, 15) is 4.79 Å². The van der Waals surface area contributed by atoms with Crippen LogP contribution < -0.4 is 0 Å². The maximum absolute atomic E-state index is 12.2. The van der Waals surface area contributed by atoms with Gasteiger partial charge < -0.3 is 9.72 Å². The van der Waals surface area contributed by atoms with Gasteiger partial charge >= 0.3 is 5.97 Å². The van der Waals surface area contributed by atoms with Crippen LogP contribution in [-0.2, 0) is 20.8 Å². The van der Waals surface area contributed by atoms with E-state index < -0.39 is 0 Å². The summed E-state index contributed by atoms with van der Waals surface area (Å²) in [5.41, 5.74) is 3.52. The highest BCUT2D eigenvalue weighted by atomic mass is 16.7. The molecule has 1 N–H and O–H groups in total. The Labute approximate surface area is 122 Å². The third-order valence-corrected chi connectivity index (χ3v) is 4.66. The van der Waals surface area contributed by atoms with Crippen LogP contribution >= 0.6 is 0 Å². The van der Waals surface area contributed by atoms with E-state index in [2.05, 4.69) is 17.1 Å². The first-order valence-electron chi connectivity index (χ1n) is 7.31. The first-order chi connectivity index (χ1) is 10.2. The zero-order chi connectivity index (χ0) is 14.6. The molecule has 2 aliphatic rings. The molecular weight excluding hydrogens is 268 g/mol. The third-order valence-electron chi connectivity index (χ3n) is 4.66. The van der Waals surface area contributed by atoms with Crippen LogP contribution in [0.1, 0.15) is 24.2 Å². The third kappa shape index (κ3) is 1.74. The number of hydrogen-bond donors (Lipinski definition) is 1. The number of carbonyl (C=O) groups is 1. The van der Waals surface area contributed by atoms with E-state index in [0.717, 1.165) is 24.2 Å². The molecule has 1 aromatic carbocycles. The number of fused-ring (bicyclic) bond motifs is 5. The number of esters is 1. The Bertz CT molecular complexity index is 709. The van der Waals surface area contributed by atoms with Crippen LogP contribution in [0.5, 0.6) is 0 Å². The number of methoxy groups -OCH3 is 1. The van der Waals surface area contributed by atoms with Crippen LogP contribution in [0, 0.1) is 5.92 Å². The average Bonchev–Trinajstić information content (AvgIpc) is 3.03. The maximum atomic E-state index is 12.2. The van der Waals surface area contributed by atoms with Crippen molar-refractivity contribution in [3.8, 4) is 0 Å². The van der Waals surface area contributed by atoms with Gasteiger partial charge in [0.15, 0.2) is 0 Å². The van der Waals surface area contributed by atoms with E-state index in [0.29, 0.717) is 0 Å². The SMILES string of the molecule is COC(=O)[C@@H]1[C@@H](C)ON2CCc3c([nH]c4ccccc34)[C@@H]12. The summed E-state index contributed by atoms with van der Waals surface area (Å²) in [5, 5.41) is 3.18. The minimum Gasteiger partial charge on any atom is -0.469 e. The Kier molecular flexibility index (Phi) is 2.80. The monoisotopic (exact) mass is 286 g/mol. The Morgan fingerprint density at radius 3 is 3.05 bits per heavy atom. The first-order valence-corrected chi connectivity index (χ1v) is 7.31. The van der Waals surface area contributed by atoms with Gasteiger partial charge in [-0.3, -0.25) is 9.63 Å². The molecule has 0 spiro atoms. The number of hydrogen-bond acceptors (Lipinski definition) is 4. The van der Waals surface area contributed by atoms with Gasteiger partial charge in [-0.25, -0.2) is 0 Å². The van der Waals surface area contributed by atoms with Crippen molar-refractivity contribution in [3.05, 3.63) is 35.5 Å². The van der Waals surface area contributed by atoms with Gasteiger partial charge in [0.1, 0.15) is 5.92 Å². The van der Waals surface area contributed by atoms with Crippen molar-refractivity contribution in [2.75, 3.05) is 13.7 Å². The maximum Gasteiger partial charge on any atom is 0.313 e. The Morgan fingerprint density at radius 2 is 2.24 bits per heavy atom. The van der Waals surface area contributed by atoms with Crippen LogP contribution in [0.2, 0.25) is 0 Å². The van der Waals surface area contributed by atoms with Crippen molar-refractivity contribution in [2.45, 2.75) is 25.5 Å². The van der Waals surface area contributed by atoms with Gasteiger partial charge in [-0.15, -0.1) is 0 Å².